The van der Waals surface area contributed by atoms with Crippen molar-refractivity contribution >= 4 is 29.6 Å². The van der Waals surface area contributed by atoms with Gasteiger partial charge in [0.2, 0.25) is 23.6 Å². The van der Waals surface area contributed by atoms with Gasteiger partial charge in [0.25, 0.3) is 0 Å². The molecule has 0 aliphatic carbocycles. The molecular weight excluding hydrogens is 989 g/mol. The van der Waals surface area contributed by atoms with Crippen LogP contribution in [-0.2, 0) is 76.1 Å². The van der Waals surface area contributed by atoms with Gasteiger partial charge in [-0.2, -0.15) is 0 Å². The van der Waals surface area contributed by atoms with Crippen molar-refractivity contribution in [3.63, 3.8) is 0 Å². The van der Waals surface area contributed by atoms with Gasteiger partial charge in [-0.1, -0.05) is 0 Å². The summed E-state index contributed by atoms with van der Waals surface area (Å²) < 4.78 is 60.2. The number of aliphatic hydroxyl groups is 6. The summed E-state index contributed by atoms with van der Waals surface area (Å²) in [4.78, 5) is 62.4. The predicted molar refractivity (Wildman–Crippen MR) is 257 cm³/mol. The van der Waals surface area contributed by atoms with E-state index < -0.39 is 103 Å². The van der Waals surface area contributed by atoms with Crippen LogP contribution in [0.4, 0.5) is 0 Å². The molecule has 0 aromatic carbocycles. The molecule has 27 heteroatoms. The molecule has 0 saturated carbocycles. The third-order valence-electron chi connectivity index (χ3n) is 11.4. The first-order chi connectivity index (χ1) is 35.3. The molecule has 74 heavy (non-hydrogen) atoms. The van der Waals surface area contributed by atoms with Gasteiger partial charge >= 0.3 is 5.97 Å². The Kier molecular flexibility index (Phi) is 34.5. The molecule has 0 bridgehead atoms. The Balaban J connectivity index is 1.67. The molecule has 0 radical (unpaired) electrons. The van der Waals surface area contributed by atoms with Crippen LogP contribution in [0.3, 0.4) is 0 Å². The molecule has 0 spiro atoms. The van der Waals surface area contributed by atoms with Crippen LogP contribution in [0, 0.1) is 0 Å². The number of carboxylic acid groups (broad SMARTS) is 1. The van der Waals surface area contributed by atoms with E-state index in [1.165, 1.54) is 0 Å². The van der Waals surface area contributed by atoms with Gasteiger partial charge in [-0.05, 0) is 59.8 Å². The Labute approximate surface area is 432 Å². The lowest BCUT2D eigenvalue weighted by atomic mass is 9.99. The fourth-order valence-corrected chi connectivity index (χ4v) is 7.13. The Hall–Kier alpha value is -3.33. The van der Waals surface area contributed by atoms with Gasteiger partial charge in [-0.3, -0.25) is 24.0 Å². The van der Waals surface area contributed by atoms with Crippen molar-refractivity contribution in [2.45, 2.75) is 145 Å². The maximum absolute atomic E-state index is 13.3. The number of hydrogen-bond donors (Lipinski definition) is 11. The summed E-state index contributed by atoms with van der Waals surface area (Å²) >= 11 is 0. The van der Waals surface area contributed by atoms with E-state index in [1.807, 2.05) is 0 Å². The van der Waals surface area contributed by atoms with E-state index in [0.29, 0.717) is 25.7 Å². The topological polar surface area (TPSA) is 377 Å². The lowest BCUT2D eigenvalue weighted by Crippen LogP contribution is -2.52. The summed E-state index contributed by atoms with van der Waals surface area (Å²) in [6, 6.07) is -1.04. The van der Waals surface area contributed by atoms with Gasteiger partial charge in [0.1, 0.15) is 43.7 Å². The zero-order chi connectivity index (χ0) is 54.8. The number of aliphatic hydroxyl groups excluding tert-OH is 6. The van der Waals surface area contributed by atoms with Gasteiger partial charge in [-0.25, -0.2) is 0 Å². The number of carbonyl (C=O) groups excluding carboxylic acids is 4. The van der Waals surface area contributed by atoms with Crippen molar-refractivity contribution in [1.82, 2.24) is 21.3 Å². The van der Waals surface area contributed by atoms with Crippen molar-refractivity contribution in [2.75, 3.05) is 125 Å². The van der Waals surface area contributed by atoms with Crippen LogP contribution in [0.1, 0.15) is 79.1 Å². The van der Waals surface area contributed by atoms with E-state index >= 15 is 0 Å². The highest BCUT2D eigenvalue weighted by Crippen LogP contribution is 2.23. The first-order valence-electron chi connectivity index (χ1n) is 25.2. The molecule has 4 amide bonds. The van der Waals surface area contributed by atoms with Crippen LogP contribution in [0.2, 0.25) is 0 Å². The molecule has 0 aromatic heterocycles. The number of aliphatic carboxylic acids is 1. The SMILES string of the molecule is CC(C)(CCOC(C)(C)CCC(=O)O)NC(=O)CNC(=O)[C@H](CCCCNC(=O)COCCOCCOCCO[C@H]1C[C@@H](O)[C@@H](O)[C@@H](CO)O1)NC(=O)COCCOCCOCCO[C@H]1C[C@@H](O)[C@@H](O)[C@@H](CO)O1. The van der Waals surface area contributed by atoms with Crippen LogP contribution in [0.25, 0.3) is 0 Å². The largest absolute Gasteiger partial charge is 0.481 e. The van der Waals surface area contributed by atoms with Crippen LogP contribution in [-0.4, -0.2) is 257 Å². The minimum absolute atomic E-state index is 0.0416. The van der Waals surface area contributed by atoms with Gasteiger partial charge < -0.3 is 109 Å². The molecule has 432 valence electrons. The zero-order valence-electron chi connectivity index (χ0n) is 43.5. The summed E-state index contributed by atoms with van der Waals surface area (Å²) in [6.45, 7) is 8.05. The van der Waals surface area contributed by atoms with Crippen LogP contribution in [0.5, 0.6) is 0 Å². The summed E-state index contributed by atoms with van der Waals surface area (Å²) in [5.41, 5.74) is -1.40. The van der Waals surface area contributed by atoms with Crippen molar-refractivity contribution in [3.05, 3.63) is 0 Å². The normalized spacial score (nSPS) is 22.7. The van der Waals surface area contributed by atoms with Crippen molar-refractivity contribution in [1.29, 1.82) is 0 Å². The van der Waals surface area contributed by atoms with E-state index in [4.69, 9.17) is 57.2 Å². The lowest BCUT2D eigenvalue weighted by molar-refractivity contribution is -0.259. The van der Waals surface area contributed by atoms with Crippen molar-refractivity contribution in [2.24, 2.45) is 0 Å². The summed E-state index contributed by atoms with van der Waals surface area (Å²) in [6.07, 6.45) is -6.13. The summed E-state index contributed by atoms with van der Waals surface area (Å²) in [5.74, 6) is -2.95. The molecule has 2 aliphatic heterocycles. The average Bonchev–Trinajstić information content (AvgIpc) is 3.34. The highest BCUT2D eigenvalue weighted by Gasteiger charge is 2.38. The molecule has 2 heterocycles. The molecule has 2 saturated heterocycles. The minimum atomic E-state index is -1.20. The zero-order valence-corrected chi connectivity index (χ0v) is 43.5. The van der Waals surface area contributed by atoms with E-state index in [1.54, 1.807) is 27.7 Å². The number of rotatable bonds is 43. The standard InChI is InChI=1S/C47H86N4O23/c1-46(2,10-12-72-47(3,4)9-8-40(59)60)51-37(56)27-49-45(63)32(50-39(58)31-69-20-18-65-14-16-67-22-24-71-42-26-34(55)44(62)36(29-53)74-42)7-5-6-11-48-38(57)30-68-19-17-64-13-15-66-21-23-70-41-25-33(54)43(61)35(28-52)73-41/h32-36,41-44,52-55,61-62H,5-31H2,1-4H3,(H,48,57)(H,49,63)(H,50,58)(H,51,56)(H,59,60)/t32-,33+,34+,35+,36+,41+,42+,43+,44+/m0/s1. The molecule has 0 aromatic rings. The van der Waals surface area contributed by atoms with Gasteiger partial charge in [0.05, 0.1) is 117 Å². The Morgan fingerprint density at radius 3 is 1.55 bits per heavy atom. The van der Waals surface area contributed by atoms with Gasteiger partial charge in [0, 0.05) is 38.0 Å². The maximum Gasteiger partial charge on any atom is 0.303 e. The molecular formula is C47H86N4O23. The van der Waals surface area contributed by atoms with Gasteiger partial charge in [0.15, 0.2) is 12.6 Å². The number of nitrogens with one attached hydrogen (secondary N) is 4. The molecule has 9 atom stereocenters. The number of carbonyl (C=O) groups is 5. The Morgan fingerprint density at radius 1 is 0.595 bits per heavy atom. The number of hydrogen-bond acceptors (Lipinski definition) is 22. The number of ether oxygens (including phenoxy) is 11. The smallest absolute Gasteiger partial charge is 0.303 e. The van der Waals surface area contributed by atoms with Crippen LogP contribution < -0.4 is 21.3 Å². The number of amides is 4. The van der Waals surface area contributed by atoms with E-state index in [-0.39, 0.29) is 144 Å². The first-order valence-corrected chi connectivity index (χ1v) is 25.2. The average molecular weight is 1080 g/mol. The Bertz CT molecular complexity index is 1570. The van der Waals surface area contributed by atoms with Crippen molar-refractivity contribution < 1.29 is 112 Å². The fourth-order valence-electron chi connectivity index (χ4n) is 7.13. The van der Waals surface area contributed by atoms with E-state index in [2.05, 4.69) is 21.3 Å². The number of carboxylic acids is 1. The van der Waals surface area contributed by atoms with Crippen LogP contribution in [0.15, 0.2) is 0 Å². The molecule has 27 nitrogen and oxygen atoms in total. The lowest BCUT2D eigenvalue weighted by Gasteiger charge is -2.35. The minimum Gasteiger partial charge on any atom is -0.481 e. The van der Waals surface area contributed by atoms with Crippen LogP contribution >= 0.6 is 0 Å². The third-order valence-corrected chi connectivity index (χ3v) is 11.4. The van der Waals surface area contributed by atoms with E-state index in [0.717, 1.165) is 0 Å². The second kappa shape index (κ2) is 38.3. The molecule has 2 aliphatic rings. The second-order valence-electron chi connectivity index (χ2n) is 18.8. The van der Waals surface area contributed by atoms with Crippen molar-refractivity contribution in [3.8, 4) is 0 Å². The second-order valence-corrected chi connectivity index (χ2v) is 18.8. The number of unbranched alkanes of at least 4 members (excludes halogenated alkanes) is 1. The summed E-state index contributed by atoms with van der Waals surface area (Å²) in [7, 11) is 0. The molecule has 2 rings (SSSR count). The quantitative estimate of drug-likeness (QED) is 0.0265. The summed E-state index contributed by atoms with van der Waals surface area (Å²) in [5, 5.41) is 77.7. The fraction of sp³-hybridized carbons (Fsp3) is 0.894. The van der Waals surface area contributed by atoms with E-state index in [9.17, 15) is 54.6 Å². The first kappa shape index (κ1) is 66.8. The Morgan fingerprint density at radius 2 is 1.07 bits per heavy atom. The molecule has 0 unspecified atom stereocenters. The maximum atomic E-state index is 13.3. The molecule has 2 fully saturated rings. The highest BCUT2D eigenvalue weighted by atomic mass is 16.7. The highest BCUT2D eigenvalue weighted by molar-refractivity contribution is 5.90. The molecule has 11 N–H and O–H groups in total. The van der Waals surface area contributed by atoms with Gasteiger partial charge in [-0.15, -0.1) is 0 Å². The monoisotopic (exact) mass is 1070 g/mol. The third kappa shape index (κ3) is 31.0. The predicted octanol–water partition coefficient (Wildman–Crippen LogP) is -3.39.